The molecule has 0 saturated heterocycles. The summed E-state index contributed by atoms with van der Waals surface area (Å²) < 4.78 is 4.41. The quantitative estimate of drug-likeness (QED) is 0.484. The Labute approximate surface area is 84.9 Å². The molecule has 2 heterocycles. The van der Waals surface area contributed by atoms with E-state index in [-0.39, 0.29) is 11.1 Å². The number of hydrogen-bond donors (Lipinski definition) is 0. The van der Waals surface area contributed by atoms with Gasteiger partial charge in [-0.1, -0.05) is 20.8 Å². The molecular weight excluding hydrogens is 202 g/mol. The number of ether oxygens (including phenoxy) is 1. The molecule has 1 aromatic heterocycles. The Hall–Kier alpha value is -1.23. The van der Waals surface area contributed by atoms with Crippen LogP contribution in [0.4, 0.5) is 0 Å². The van der Waals surface area contributed by atoms with Gasteiger partial charge < -0.3 is 4.74 Å². The number of fused-ring (bicyclic) bond motifs is 1. The Morgan fingerprint density at radius 3 is 2.36 bits per heavy atom. The zero-order valence-corrected chi connectivity index (χ0v) is 8.90. The molecule has 0 unspecified atom stereocenters. The van der Waals surface area contributed by atoms with E-state index in [2.05, 4.69) is 9.72 Å². The summed E-state index contributed by atoms with van der Waals surface area (Å²) in [6.07, 6.45) is 0. The van der Waals surface area contributed by atoms with Crippen LogP contribution in [0.1, 0.15) is 45.9 Å². The zero-order chi connectivity index (χ0) is 10.5. The lowest BCUT2D eigenvalue weighted by atomic mass is 9.98. The second-order valence-electron chi connectivity index (χ2n) is 4.12. The Balaban J connectivity index is 2.54. The normalized spacial score (nSPS) is 15.6. The zero-order valence-electron chi connectivity index (χ0n) is 8.08. The summed E-state index contributed by atoms with van der Waals surface area (Å²) in [6.45, 7) is 5.95. The van der Waals surface area contributed by atoms with Crippen LogP contribution < -0.4 is 0 Å². The standard InChI is InChI=1S/C9H9NO3S/c1-9(2,3)8-10-4-5(14-8)7(12)13-6(4)11/h1-3H3. The van der Waals surface area contributed by atoms with Crippen molar-refractivity contribution >= 4 is 23.3 Å². The van der Waals surface area contributed by atoms with Crippen molar-refractivity contribution in [3.05, 3.63) is 15.6 Å². The second kappa shape index (κ2) is 2.63. The molecule has 1 aromatic rings. The number of esters is 2. The van der Waals surface area contributed by atoms with Crippen LogP contribution in [0.5, 0.6) is 0 Å². The number of thiazole rings is 1. The molecule has 0 saturated carbocycles. The maximum atomic E-state index is 11.1. The van der Waals surface area contributed by atoms with Gasteiger partial charge in [0.05, 0.1) is 5.01 Å². The summed E-state index contributed by atoms with van der Waals surface area (Å²) in [5.74, 6) is -1.20. The van der Waals surface area contributed by atoms with Crippen LogP contribution in [0.15, 0.2) is 0 Å². The van der Waals surface area contributed by atoms with E-state index in [0.717, 1.165) is 5.01 Å². The molecule has 4 nitrogen and oxygen atoms in total. The third-order valence-electron chi connectivity index (χ3n) is 1.83. The van der Waals surface area contributed by atoms with E-state index in [9.17, 15) is 9.59 Å². The first-order valence-electron chi connectivity index (χ1n) is 4.17. The summed E-state index contributed by atoms with van der Waals surface area (Å²) in [4.78, 5) is 26.7. The van der Waals surface area contributed by atoms with Crippen molar-refractivity contribution < 1.29 is 14.3 Å². The lowest BCUT2D eigenvalue weighted by Crippen LogP contribution is -2.11. The predicted octanol–water partition coefficient (Wildman–Crippen LogP) is 1.75. The number of cyclic esters (lactones) is 2. The molecule has 0 N–H and O–H groups in total. The minimum atomic E-state index is -0.628. The van der Waals surface area contributed by atoms with Gasteiger partial charge >= 0.3 is 11.9 Å². The van der Waals surface area contributed by atoms with Crippen LogP contribution >= 0.6 is 11.3 Å². The van der Waals surface area contributed by atoms with Gasteiger partial charge in [-0.15, -0.1) is 11.3 Å². The van der Waals surface area contributed by atoms with Crippen molar-refractivity contribution in [2.75, 3.05) is 0 Å². The van der Waals surface area contributed by atoms with Gasteiger partial charge in [0, 0.05) is 5.41 Å². The van der Waals surface area contributed by atoms with Gasteiger partial charge in [-0.05, 0) is 0 Å². The molecule has 14 heavy (non-hydrogen) atoms. The molecule has 0 aliphatic carbocycles. The van der Waals surface area contributed by atoms with Gasteiger partial charge in [0.1, 0.15) is 4.88 Å². The maximum Gasteiger partial charge on any atom is 0.366 e. The Kier molecular flexibility index (Phi) is 1.75. The number of hydrogen-bond acceptors (Lipinski definition) is 5. The van der Waals surface area contributed by atoms with E-state index in [1.807, 2.05) is 20.8 Å². The topological polar surface area (TPSA) is 56.3 Å². The molecule has 2 rings (SSSR count). The van der Waals surface area contributed by atoms with Crippen LogP contribution in [0.3, 0.4) is 0 Å². The molecule has 0 fully saturated rings. The largest absolute Gasteiger partial charge is 0.384 e. The fourth-order valence-electron chi connectivity index (χ4n) is 1.10. The van der Waals surface area contributed by atoms with Crippen LogP contribution in [0.2, 0.25) is 0 Å². The average Bonchev–Trinajstić information content (AvgIpc) is 2.53. The number of aromatic nitrogens is 1. The van der Waals surface area contributed by atoms with E-state index in [1.54, 1.807) is 0 Å². The van der Waals surface area contributed by atoms with Crippen molar-refractivity contribution in [2.24, 2.45) is 0 Å². The molecular formula is C9H9NO3S. The van der Waals surface area contributed by atoms with Crippen LogP contribution in [0, 0.1) is 0 Å². The van der Waals surface area contributed by atoms with Gasteiger partial charge in [0.25, 0.3) is 0 Å². The molecule has 1 aliphatic rings. The summed E-state index contributed by atoms with van der Waals surface area (Å²) in [5.41, 5.74) is 0.0279. The molecule has 1 aliphatic heterocycles. The number of carbonyl (C=O) groups is 2. The Morgan fingerprint density at radius 1 is 1.21 bits per heavy atom. The average molecular weight is 211 g/mol. The first-order chi connectivity index (χ1) is 6.39. The molecule has 0 bridgehead atoms. The molecule has 0 amide bonds. The molecule has 5 heteroatoms. The van der Waals surface area contributed by atoms with E-state index in [4.69, 9.17) is 0 Å². The Bertz CT molecular complexity index is 396. The van der Waals surface area contributed by atoms with Crippen molar-refractivity contribution in [1.82, 2.24) is 4.98 Å². The number of rotatable bonds is 0. The lowest BCUT2D eigenvalue weighted by molar-refractivity contribution is 0.0442. The molecule has 0 spiro atoms. The van der Waals surface area contributed by atoms with E-state index in [1.165, 1.54) is 11.3 Å². The summed E-state index contributed by atoms with van der Waals surface area (Å²) in [5, 5.41) is 0.785. The van der Waals surface area contributed by atoms with Crippen LogP contribution in [-0.2, 0) is 10.2 Å². The highest BCUT2D eigenvalue weighted by molar-refractivity contribution is 7.14. The minimum absolute atomic E-state index is 0.143. The van der Waals surface area contributed by atoms with E-state index < -0.39 is 11.9 Å². The second-order valence-corrected chi connectivity index (χ2v) is 5.12. The molecule has 0 radical (unpaired) electrons. The van der Waals surface area contributed by atoms with Crippen molar-refractivity contribution in [3.8, 4) is 0 Å². The predicted molar refractivity (Wildman–Crippen MR) is 50.6 cm³/mol. The van der Waals surface area contributed by atoms with Crippen LogP contribution in [0.25, 0.3) is 0 Å². The summed E-state index contributed by atoms with van der Waals surface area (Å²) in [6, 6.07) is 0. The minimum Gasteiger partial charge on any atom is -0.384 e. The van der Waals surface area contributed by atoms with Crippen LogP contribution in [-0.4, -0.2) is 16.9 Å². The smallest absolute Gasteiger partial charge is 0.366 e. The summed E-state index contributed by atoms with van der Waals surface area (Å²) in [7, 11) is 0. The third kappa shape index (κ3) is 1.24. The van der Waals surface area contributed by atoms with Gasteiger partial charge in [-0.25, -0.2) is 14.6 Å². The fraction of sp³-hybridized carbons (Fsp3) is 0.444. The fourth-order valence-corrected chi connectivity index (χ4v) is 2.08. The highest BCUT2D eigenvalue weighted by atomic mass is 32.1. The molecule has 0 aromatic carbocycles. The van der Waals surface area contributed by atoms with Crippen molar-refractivity contribution in [1.29, 1.82) is 0 Å². The summed E-state index contributed by atoms with van der Waals surface area (Å²) >= 11 is 1.23. The first kappa shape index (κ1) is 9.33. The first-order valence-corrected chi connectivity index (χ1v) is 4.99. The third-order valence-corrected chi connectivity index (χ3v) is 3.29. The van der Waals surface area contributed by atoms with E-state index >= 15 is 0 Å². The SMILES string of the molecule is CC(C)(C)c1nc2c(s1)C(=O)OC2=O. The Morgan fingerprint density at radius 2 is 1.86 bits per heavy atom. The molecule has 74 valence electrons. The number of carbonyl (C=O) groups excluding carboxylic acids is 2. The van der Waals surface area contributed by atoms with Gasteiger partial charge in [0.15, 0.2) is 5.69 Å². The van der Waals surface area contributed by atoms with Crippen molar-refractivity contribution in [3.63, 3.8) is 0 Å². The lowest BCUT2D eigenvalue weighted by Gasteiger charge is -2.13. The maximum absolute atomic E-state index is 11.1. The highest BCUT2D eigenvalue weighted by Gasteiger charge is 2.36. The highest BCUT2D eigenvalue weighted by Crippen LogP contribution is 2.32. The van der Waals surface area contributed by atoms with Crippen molar-refractivity contribution in [2.45, 2.75) is 26.2 Å². The van der Waals surface area contributed by atoms with E-state index in [0.29, 0.717) is 4.88 Å². The van der Waals surface area contributed by atoms with Gasteiger partial charge in [-0.2, -0.15) is 0 Å². The number of nitrogens with zero attached hydrogens (tertiary/aromatic N) is 1. The molecule has 0 atom stereocenters. The van der Waals surface area contributed by atoms with Gasteiger partial charge in [0.2, 0.25) is 0 Å². The van der Waals surface area contributed by atoms with Gasteiger partial charge in [-0.3, -0.25) is 0 Å². The monoisotopic (exact) mass is 211 g/mol.